The van der Waals surface area contributed by atoms with Gasteiger partial charge in [0.15, 0.2) is 5.78 Å². The molecule has 4 aliphatic carbocycles. The summed E-state index contributed by atoms with van der Waals surface area (Å²) >= 11 is 0. The first kappa shape index (κ1) is 19.2. The lowest BCUT2D eigenvalue weighted by atomic mass is 9.63. The van der Waals surface area contributed by atoms with E-state index < -0.39 is 0 Å². The molecule has 6 nitrogen and oxygen atoms in total. The molecule has 0 spiro atoms. The van der Waals surface area contributed by atoms with Gasteiger partial charge >= 0.3 is 0 Å². The summed E-state index contributed by atoms with van der Waals surface area (Å²) in [6.07, 6.45) is 5.42. The maximum atomic E-state index is 13.3. The van der Waals surface area contributed by atoms with E-state index in [-0.39, 0.29) is 47.2 Å². The fourth-order valence-electron chi connectivity index (χ4n) is 5.99. The molecule has 2 aromatic rings. The second kappa shape index (κ2) is 6.73. The number of anilines is 2. The van der Waals surface area contributed by atoms with E-state index in [1.165, 1.54) is 11.8 Å². The van der Waals surface area contributed by atoms with Gasteiger partial charge in [0, 0.05) is 16.8 Å². The van der Waals surface area contributed by atoms with Crippen molar-refractivity contribution < 1.29 is 19.2 Å². The maximum absolute atomic E-state index is 13.3. The molecule has 1 aliphatic heterocycles. The summed E-state index contributed by atoms with van der Waals surface area (Å²) in [5.74, 6) is 0.242. The Balaban J connectivity index is 1.25. The van der Waals surface area contributed by atoms with Crippen molar-refractivity contribution in [2.24, 2.45) is 35.5 Å². The molecule has 2 saturated carbocycles. The van der Waals surface area contributed by atoms with Crippen LogP contribution >= 0.6 is 0 Å². The number of carbonyl (C=O) groups excluding carboxylic acids is 4. The van der Waals surface area contributed by atoms with Crippen molar-refractivity contribution in [3.8, 4) is 0 Å². The Morgan fingerprint density at radius 1 is 0.875 bits per heavy atom. The standard InChI is InChI=1S/C26H22N2O4/c1-13(29)14-5-7-16(8-6-14)27-24(30)15-3-2-4-17(11-15)28-25(31)22-18-9-10-19(21-12-20(18)21)23(22)26(28)32/h2-11,18-23H,12H2,1H3,(H,27,30)/t18-,19+,20-,21-,22+,23+/m1/s1. The largest absolute Gasteiger partial charge is 0.322 e. The van der Waals surface area contributed by atoms with Crippen LogP contribution in [0.1, 0.15) is 34.1 Å². The topological polar surface area (TPSA) is 83.6 Å². The highest BCUT2D eigenvalue weighted by atomic mass is 16.2. The molecule has 0 unspecified atom stereocenters. The Labute approximate surface area is 185 Å². The van der Waals surface area contributed by atoms with Crippen molar-refractivity contribution in [1.29, 1.82) is 0 Å². The summed E-state index contributed by atoms with van der Waals surface area (Å²) in [6.45, 7) is 1.49. The lowest BCUT2D eigenvalue weighted by Gasteiger charge is -2.37. The van der Waals surface area contributed by atoms with Crippen molar-refractivity contribution in [3.05, 3.63) is 71.8 Å². The maximum Gasteiger partial charge on any atom is 0.255 e. The van der Waals surface area contributed by atoms with Gasteiger partial charge in [-0.2, -0.15) is 0 Å². The molecular weight excluding hydrogens is 404 g/mol. The molecule has 0 aromatic heterocycles. The molecule has 1 N–H and O–H groups in total. The lowest BCUT2D eigenvalue weighted by Crippen LogP contribution is -2.40. The minimum Gasteiger partial charge on any atom is -0.322 e. The number of hydrogen-bond donors (Lipinski definition) is 1. The number of hydrogen-bond acceptors (Lipinski definition) is 4. The summed E-state index contributed by atoms with van der Waals surface area (Å²) in [6, 6.07) is 13.3. The Morgan fingerprint density at radius 2 is 1.50 bits per heavy atom. The van der Waals surface area contributed by atoms with Crippen LogP contribution in [-0.2, 0) is 9.59 Å². The molecule has 6 heteroatoms. The highest BCUT2D eigenvalue weighted by Gasteiger charge is 2.67. The van der Waals surface area contributed by atoms with E-state index in [1.807, 2.05) is 0 Å². The van der Waals surface area contributed by atoms with E-state index in [2.05, 4.69) is 17.5 Å². The molecular formula is C26H22N2O4. The van der Waals surface area contributed by atoms with E-state index in [1.54, 1.807) is 48.5 Å². The third-order valence-electron chi connectivity index (χ3n) is 7.58. The highest BCUT2D eigenvalue weighted by molar-refractivity contribution is 6.23. The fraction of sp³-hybridized carbons (Fsp3) is 0.308. The Hall–Kier alpha value is -3.54. The summed E-state index contributed by atoms with van der Waals surface area (Å²) in [5.41, 5.74) is 1.94. The van der Waals surface area contributed by atoms with Crippen LogP contribution in [0.4, 0.5) is 11.4 Å². The number of rotatable bonds is 4. The smallest absolute Gasteiger partial charge is 0.255 e. The molecule has 6 atom stereocenters. The van der Waals surface area contributed by atoms with Gasteiger partial charge in [-0.3, -0.25) is 19.2 Å². The molecule has 0 radical (unpaired) electrons. The molecule has 3 fully saturated rings. The number of Topliss-reactive ketones (excluding diaryl/α,β-unsaturated/α-hetero) is 1. The van der Waals surface area contributed by atoms with Crippen LogP contribution in [0.25, 0.3) is 0 Å². The van der Waals surface area contributed by atoms with Crippen molar-refractivity contribution >= 4 is 34.9 Å². The quantitative estimate of drug-likeness (QED) is 0.459. The molecule has 7 rings (SSSR count). The van der Waals surface area contributed by atoms with Crippen molar-refractivity contribution in [1.82, 2.24) is 0 Å². The first-order valence-corrected chi connectivity index (χ1v) is 11.0. The Morgan fingerprint density at radius 3 is 2.09 bits per heavy atom. The third kappa shape index (κ3) is 2.72. The zero-order valence-electron chi connectivity index (χ0n) is 17.5. The number of carbonyl (C=O) groups is 4. The molecule has 32 heavy (non-hydrogen) atoms. The van der Waals surface area contributed by atoms with Gasteiger partial charge in [0.1, 0.15) is 0 Å². The predicted molar refractivity (Wildman–Crippen MR) is 118 cm³/mol. The van der Waals surface area contributed by atoms with Gasteiger partial charge in [-0.15, -0.1) is 0 Å². The SMILES string of the molecule is CC(=O)c1ccc(NC(=O)c2cccc(N3C(=O)[C@H]4[C@@H]5C=C[C@@H]([C@H]6C[C@H]56)[C@@H]4C3=O)c2)cc1. The third-order valence-corrected chi connectivity index (χ3v) is 7.58. The molecule has 2 bridgehead atoms. The fourth-order valence-corrected chi connectivity index (χ4v) is 5.99. The molecule has 1 saturated heterocycles. The summed E-state index contributed by atoms with van der Waals surface area (Å²) in [7, 11) is 0. The van der Waals surface area contributed by atoms with Gasteiger partial charge < -0.3 is 5.32 Å². The molecule has 3 amide bonds. The normalized spacial score (nSPS) is 31.3. The van der Waals surface area contributed by atoms with Crippen LogP contribution in [-0.4, -0.2) is 23.5 Å². The first-order chi connectivity index (χ1) is 15.4. The first-order valence-electron chi connectivity index (χ1n) is 11.0. The molecule has 2 aromatic carbocycles. The van der Waals surface area contributed by atoms with Crippen molar-refractivity contribution in [2.45, 2.75) is 13.3 Å². The summed E-state index contributed by atoms with van der Waals surface area (Å²) in [5, 5.41) is 2.80. The number of amides is 3. The van der Waals surface area contributed by atoms with E-state index in [4.69, 9.17) is 0 Å². The second-order valence-corrected chi connectivity index (χ2v) is 9.30. The highest BCUT2D eigenvalue weighted by Crippen LogP contribution is 2.65. The van der Waals surface area contributed by atoms with E-state index >= 15 is 0 Å². The lowest BCUT2D eigenvalue weighted by molar-refractivity contribution is -0.124. The zero-order chi connectivity index (χ0) is 22.1. The van der Waals surface area contributed by atoms with Crippen LogP contribution in [0.3, 0.4) is 0 Å². The van der Waals surface area contributed by atoms with E-state index in [0.29, 0.717) is 34.3 Å². The van der Waals surface area contributed by atoms with Gasteiger partial charge in [-0.05, 0) is 79.5 Å². The number of nitrogens with zero attached hydrogens (tertiary/aromatic N) is 1. The zero-order valence-corrected chi connectivity index (χ0v) is 17.5. The number of allylic oxidation sites excluding steroid dienone is 2. The number of ketones is 1. The Bertz CT molecular complexity index is 1180. The minimum atomic E-state index is -0.345. The van der Waals surface area contributed by atoms with Crippen LogP contribution in [0.2, 0.25) is 0 Å². The summed E-state index contributed by atoms with van der Waals surface area (Å²) < 4.78 is 0. The van der Waals surface area contributed by atoms with Crippen LogP contribution in [0.15, 0.2) is 60.7 Å². The van der Waals surface area contributed by atoms with E-state index in [9.17, 15) is 19.2 Å². The van der Waals surface area contributed by atoms with Crippen LogP contribution < -0.4 is 10.2 Å². The monoisotopic (exact) mass is 426 g/mol. The van der Waals surface area contributed by atoms with Crippen LogP contribution in [0.5, 0.6) is 0 Å². The number of nitrogens with one attached hydrogen (secondary N) is 1. The molecule has 5 aliphatic rings. The average Bonchev–Trinajstić information content (AvgIpc) is 3.57. The second-order valence-electron chi connectivity index (χ2n) is 9.30. The number of benzene rings is 2. The van der Waals surface area contributed by atoms with E-state index in [0.717, 1.165) is 6.42 Å². The van der Waals surface area contributed by atoms with Gasteiger partial charge in [0.25, 0.3) is 5.91 Å². The molecule has 1 heterocycles. The summed E-state index contributed by atoms with van der Waals surface area (Å²) in [4.78, 5) is 52.1. The van der Waals surface area contributed by atoms with Gasteiger partial charge in [-0.1, -0.05) is 18.2 Å². The molecule has 160 valence electrons. The Kier molecular flexibility index (Phi) is 4.03. The van der Waals surface area contributed by atoms with Crippen LogP contribution in [0, 0.1) is 35.5 Å². The van der Waals surface area contributed by atoms with Crippen molar-refractivity contribution in [2.75, 3.05) is 10.2 Å². The van der Waals surface area contributed by atoms with Crippen molar-refractivity contribution in [3.63, 3.8) is 0 Å². The minimum absolute atomic E-state index is 0.0444. The van der Waals surface area contributed by atoms with Gasteiger partial charge in [-0.25, -0.2) is 4.90 Å². The van der Waals surface area contributed by atoms with Gasteiger partial charge in [0.2, 0.25) is 11.8 Å². The predicted octanol–water partition coefficient (Wildman–Crippen LogP) is 3.70. The average molecular weight is 426 g/mol. The van der Waals surface area contributed by atoms with Gasteiger partial charge in [0.05, 0.1) is 17.5 Å². The number of imide groups is 1.